The summed E-state index contributed by atoms with van der Waals surface area (Å²) in [6.07, 6.45) is 5.25. The normalized spacial score (nSPS) is 64.1. The largest absolute Gasteiger partial charge is 0.481 e. The van der Waals surface area contributed by atoms with E-state index in [4.69, 9.17) is 5.11 Å². The Kier molecular flexibility index (Phi) is 1.29. The van der Waals surface area contributed by atoms with Crippen molar-refractivity contribution < 1.29 is 9.90 Å². The fourth-order valence-electron chi connectivity index (χ4n) is 5.88. The van der Waals surface area contributed by atoms with Gasteiger partial charge >= 0.3 is 5.97 Å². The highest BCUT2D eigenvalue weighted by molar-refractivity contribution is 5.75. The molecule has 1 spiro atoms. The van der Waals surface area contributed by atoms with E-state index in [0.717, 1.165) is 30.1 Å². The van der Waals surface area contributed by atoms with Crippen LogP contribution in [0.15, 0.2) is 0 Å². The lowest BCUT2D eigenvalue weighted by Crippen LogP contribution is -2.52. The van der Waals surface area contributed by atoms with E-state index in [0.29, 0.717) is 5.92 Å². The number of rotatable bonds is 1. The van der Waals surface area contributed by atoms with Crippen molar-refractivity contribution in [1.82, 2.24) is 0 Å². The van der Waals surface area contributed by atoms with Gasteiger partial charge in [0.05, 0.1) is 5.92 Å². The number of fused-ring (bicyclic) bond motifs is 6. The van der Waals surface area contributed by atoms with Gasteiger partial charge in [0, 0.05) is 0 Å². The summed E-state index contributed by atoms with van der Waals surface area (Å²) in [7, 11) is 0. The van der Waals surface area contributed by atoms with Crippen LogP contribution in [-0.2, 0) is 4.79 Å². The van der Waals surface area contributed by atoms with Crippen LogP contribution in [0.4, 0.5) is 0 Å². The molecule has 1 N–H and O–H groups in total. The van der Waals surface area contributed by atoms with Gasteiger partial charge in [0.1, 0.15) is 0 Å². The van der Waals surface area contributed by atoms with Crippen molar-refractivity contribution in [3.8, 4) is 0 Å². The summed E-state index contributed by atoms with van der Waals surface area (Å²) in [6, 6.07) is 0. The Morgan fingerprint density at radius 1 is 1.33 bits per heavy atom. The van der Waals surface area contributed by atoms with Gasteiger partial charge in [-0.2, -0.15) is 0 Å². The third kappa shape index (κ3) is 0.724. The second kappa shape index (κ2) is 2.26. The maximum atomic E-state index is 11.1. The van der Waals surface area contributed by atoms with Gasteiger partial charge in [-0.25, -0.2) is 0 Å². The summed E-state index contributed by atoms with van der Waals surface area (Å²) in [5.41, 5.74) is 0.274. The Hall–Kier alpha value is -0.530. The molecule has 0 amide bonds. The molecule has 4 aliphatic carbocycles. The van der Waals surface area contributed by atoms with Gasteiger partial charge < -0.3 is 5.11 Å². The molecule has 82 valence electrons. The maximum Gasteiger partial charge on any atom is 0.307 e. The van der Waals surface area contributed by atoms with Crippen molar-refractivity contribution in [3.05, 3.63) is 0 Å². The molecule has 2 nitrogen and oxygen atoms in total. The summed E-state index contributed by atoms with van der Waals surface area (Å²) in [4.78, 5) is 11.1. The number of hydrogen-bond acceptors (Lipinski definition) is 1. The Morgan fingerprint density at radius 2 is 2.07 bits per heavy atom. The molecule has 0 aromatic carbocycles. The zero-order chi connectivity index (χ0) is 10.4. The number of aliphatic carboxylic acids is 1. The van der Waals surface area contributed by atoms with E-state index in [1.54, 1.807) is 0 Å². The third-order valence-corrected chi connectivity index (χ3v) is 6.37. The van der Waals surface area contributed by atoms with E-state index < -0.39 is 5.97 Å². The monoisotopic (exact) mass is 206 g/mol. The Bertz CT molecular complexity index is 350. The van der Waals surface area contributed by atoms with E-state index >= 15 is 0 Å². The highest BCUT2D eigenvalue weighted by Gasteiger charge is 2.79. The van der Waals surface area contributed by atoms with Crippen LogP contribution >= 0.6 is 0 Å². The molecule has 0 heterocycles. The van der Waals surface area contributed by atoms with E-state index in [2.05, 4.69) is 6.92 Å². The Morgan fingerprint density at radius 3 is 2.73 bits per heavy atom. The van der Waals surface area contributed by atoms with Gasteiger partial charge in [-0.1, -0.05) is 6.92 Å². The van der Waals surface area contributed by atoms with Crippen LogP contribution in [-0.4, -0.2) is 11.1 Å². The SMILES string of the molecule is C[C@@H]1[C@@H]2[C@H]3CC[C@@H](C3)[C@@H]2[C@]12C[C@@H]2C(=O)O. The minimum Gasteiger partial charge on any atom is -0.481 e. The highest BCUT2D eigenvalue weighted by atomic mass is 16.4. The summed E-state index contributed by atoms with van der Waals surface area (Å²) in [6.45, 7) is 2.32. The average molecular weight is 206 g/mol. The molecule has 2 bridgehead atoms. The predicted octanol–water partition coefficient (Wildman–Crippen LogP) is 2.39. The molecule has 0 saturated heterocycles. The highest BCUT2D eigenvalue weighted by Crippen LogP contribution is 2.82. The quantitative estimate of drug-likeness (QED) is 0.715. The van der Waals surface area contributed by atoms with E-state index in [-0.39, 0.29) is 11.3 Å². The van der Waals surface area contributed by atoms with Crippen molar-refractivity contribution in [3.63, 3.8) is 0 Å². The van der Waals surface area contributed by atoms with Crippen molar-refractivity contribution in [2.24, 2.45) is 40.9 Å². The van der Waals surface area contributed by atoms with Crippen LogP contribution in [0.3, 0.4) is 0 Å². The van der Waals surface area contributed by atoms with Crippen molar-refractivity contribution in [1.29, 1.82) is 0 Å². The molecule has 4 saturated carbocycles. The van der Waals surface area contributed by atoms with Gasteiger partial charge in [0.25, 0.3) is 0 Å². The van der Waals surface area contributed by atoms with E-state index in [1.807, 2.05) is 0 Å². The molecule has 0 unspecified atom stereocenters. The van der Waals surface area contributed by atoms with Gasteiger partial charge in [0.15, 0.2) is 0 Å². The molecule has 7 atom stereocenters. The molecule has 2 heteroatoms. The first-order valence-corrected chi connectivity index (χ1v) is 6.39. The topological polar surface area (TPSA) is 37.3 Å². The molecule has 4 rings (SSSR count). The fraction of sp³-hybridized carbons (Fsp3) is 0.923. The summed E-state index contributed by atoms with van der Waals surface area (Å²) < 4.78 is 0. The number of hydrogen-bond donors (Lipinski definition) is 1. The molecule has 0 aromatic rings. The summed E-state index contributed by atoms with van der Waals surface area (Å²) in [5.74, 6) is 3.80. The van der Waals surface area contributed by atoms with E-state index in [9.17, 15) is 4.79 Å². The van der Waals surface area contributed by atoms with Gasteiger partial charge in [-0.05, 0) is 60.7 Å². The second-order valence-corrected chi connectivity index (χ2v) is 6.43. The lowest BCUT2D eigenvalue weighted by atomic mass is 9.49. The predicted molar refractivity (Wildman–Crippen MR) is 55.2 cm³/mol. The van der Waals surface area contributed by atoms with Crippen molar-refractivity contribution in [2.75, 3.05) is 0 Å². The first-order chi connectivity index (χ1) is 7.16. The van der Waals surface area contributed by atoms with Gasteiger partial charge in [-0.15, -0.1) is 0 Å². The number of carboxylic acid groups (broad SMARTS) is 1. The standard InChI is InChI=1S/C13H18O2/c1-6-10-7-2-3-8(4-7)11(10)13(6)5-9(13)12(14)15/h6-11H,2-5H2,1H3,(H,14,15)/t6-,7+,8+,9-,10-,11+,13-/m1/s1. The van der Waals surface area contributed by atoms with Gasteiger partial charge in [-0.3, -0.25) is 4.79 Å². The summed E-state index contributed by atoms with van der Waals surface area (Å²) in [5, 5.41) is 9.16. The Balaban J connectivity index is 1.67. The minimum absolute atomic E-state index is 0.0214. The van der Waals surface area contributed by atoms with Crippen LogP contribution in [0.2, 0.25) is 0 Å². The molecule has 4 fully saturated rings. The second-order valence-electron chi connectivity index (χ2n) is 6.43. The van der Waals surface area contributed by atoms with Crippen LogP contribution in [0.25, 0.3) is 0 Å². The molecule has 0 aromatic heterocycles. The number of carboxylic acids is 1. The third-order valence-electron chi connectivity index (χ3n) is 6.37. The van der Waals surface area contributed by atoms with Crippen LogP contribution in [0.1, 0.15) is 32.6 Å². The molecule has 0 aliphatic heterocycles. The van der Waals surface area contributed by atoms with Gasteiger partial charge in [0.2, 0.25) is 0 Å². The number of carbonyl (C=O) groups is 1. The van der Waals surface area contributed by atoms with Crippen LogP contribution in [0.5, 0.6) is 0 Å². The molecular formula is C13H18O2. The Labute approximate surface area is 90.1 Å². The molecule has 4 aliphatic rings. The summed E-state index contributed by atoms with van der Waals surface area (Å²) >= 11 is 0. The zero-order valence-electron chi connectivity index (χ0n) is 9.15. The first kappa shape index (κ1) is 8.60. The van der Waals surface area contributed by atoms with Crippen LogP contribution in [0, 0.1) is 40.9 Å². The van der Waals surface area contributed by atoms with Crippen molar-refractivity contribution >= 4 is 5.97 Å². The lowest BCUT2D eigenvalue weighted by molar-refractivity contribution is -0.146. The fourth-order valence-corrected chi connectivity index (χ4v) is 5.88. The minimum atomic E-state index is -0.525. The average Bonchev–Trinajstić information content (AvgIpc) is 2.75. The lowest BCUT2D eigenvalue weighted by Gasteiger charge is -2.55. The molecule has 15 heavy (non-hydrogen) atoms. The first-order valence-electron chi connectivity index (χ1n) is 6.39. The van der Waals surface area contributed by atoms with Crippen LogP contribution < -0.4 is 0 Å². The molecule has 0 radical (unpaired) electrons. The smallest absolute Gasteiger partial charge is 0.307 e. The zero-order valence-corrected chi connectivity index (χ0v) is 9.15. The van der Waals surface area contributed by atoms with E-state index in [1.165, 1.54) is 19.3 Å². The van der Waals surface area contributed by atoms with Crippen molar-refractivity contribution in [2.45, 2.75) is 32.6 Å². The molecular weight excluding hydrogens is 188 g/mol. The maximum absolute atomic E-state index is 11.1.